The zero-order valence-electron chi connectivity index (χ0n) is 17.3. The molecule has 0 saturated carbocycles. The van der Waals surface area contributed by atoms with Crippen LogP contribution in [0.5, 0.6) is 11.5 Å². The summed E-state index contributed by atoms with van der Waals surface area (Å²) in [6.45, 7) is 4.12. The molecule has 0 radical (unpaired) electrons. The van der Waals surface area contributed by atoms with Gasteiger partial charge in [-0.05, 0) is 37.6 Å². The van der Waals surface area contributed by atoms with E-state index in [1.807, 2.05) is 49.4 Å². The summed E-state index contributed by atoms with van der Waals surface area (Å²) in [5.74, 6) is 0.784. The van der Waals surface area contributed by atoms with Crippen LogP contribution in [-0.2, 0) is 11.3 Å². The van der Waals surface area contributed by atoms with Crippen LogP contribution < -0.4 is 20.3 Å². The fourth-order valence-corrected chi connectivity index (χ4v) is 2.92. The molecule has 1 amide bonds. The van der Waals surface area contributed by atoms with Crippen molar-refractivity contribution in [1.82, 2.24) is 15.1 Å². The summed E-state index contributed by atoms with van der Waals surface area (Å²) in [5.41, 5.74) is 2.43. The number of methoxy groups -OCH3 is 1. The molecule has 1 atom stereocenters. The van der Waals surface area contributed by atoms with Gasteiger partial charge in [0, 0.05) is 18.2 Å². The van der Waals surface area contributed by atoms with Gasteiger partial charge in [-0.2, -0.15) is 5.10 Å². The molecule has 1 heterocycles. The van der Waals surface area contributed by atoms with E-state index in [9.17, 15) is 9.59 Å². The highest BCUT2D eigenvalue weighted by atomic mass is 16.5. The molecular formula is C23H25N3O4. The summed E-state index contributed by atoms with van der Waals surface area (Å²) in [6.07, 6.45) is -0.720. The van der Waals surface area contributed by atoms with Crippen molar-refractivity contribution in [2.45, 2.75) is 26.5 Å². The number of benzene rings is 2. The van der Waals surface area contributed by atoms with E-state index in [2.05, 4.69) is 10.4 Å². The Kier molecular flexibility index (Phi) is 6.85. The first-order valence-corrected chi connectivity index (χ1v) is 9.70. The van der Waals surface area contributed by atoms with Crippen molar-refractivity contribution in [3.63, 3.8) is 0 Å². The molecule has 0 fully saturated rings. The molecule has 7 nitrogen and oxygen atoms in total. The number of amides is 1. The number of aromatic nitrogens is 2. The summed E-state index contributed by atoms with van der Waals surface area (Å²) in [7, 11) is 1.56. The Morgan fingerprint density at radius 1 is 1.10 bits per heavy atom. The first-order chi connectivity index (χ1) is 14.5. The molecule has 0 aliphatic heterocycles. The van der Waals surface area contributed by atoms with Crippen molar-refractivity contribution in [2.75, 3.05) is 13.7 Å². The maximum atomic E-state index is 12.4. The minimum Gasteiger partial charge on any atom is -0.493 e. The van der Waals surface area contributed by atoms with Gasteiger partial charge in [0.15, 0.2) is 17.6 Å². The molecular weight excluding hydrogens is 382 g/mol. The second-order valence-corrected chi connectivity index (χ2v) is 6.85. The van der Waals surface area contributed by atoms with Gasteiger partial charge < -0.3 is 14.8 Å². The molecule has 1 N–H and O–H groups in total. The molecule has 1 unspecified atom stereocenters. The Hall–Kier alpha value is -3.61. The highest BCUT2D eigenvalue weighted by Gasteiger charge is 2.16. The minimum atomic E-state index is -0.720. The largest absolute Gasteiger partial charge is 0.493 e. The zero-order valence-corrected chi connectivity index (χ0v) is 17.3. The molecule has 30 heavy (non-hydrogen) atoms. The Balaban J connectivity index is 1.58. The van der Waals surface area contributed by atoms with Gasteiger partial charge >= 0.3 is 0 Å². The van der Waals surface area contributed by atoms with Gasteiger partial charge in [-0.25, -0.2) is 4.68 Å². The van der Waals surface area contributed by atoms with E-state index in [4.69, 9.17) is 9.47 Å². The van der Waals surface area contributed by atoms with Gasteiger partial charge in [-0.15, -0.1) is 0 Å². The SMILES string of the molecule is COc1cc(C)ccc1OC(C)C(=O)NCCn1nc(-c2ccccc2)ccc1=O. The van der Waals surface area contributed by atoms with Gasteiger partial charge in [-0.3, -0.25) is 9.59 Å². The molecule has 3 rings (SSSR count). The lowest BCUT2D eigenvalue weighted by Crippen LogP contribution is -2.39. The predicted molar refractivity (Wildman–Crippen MR) is 115 cm³/mol. The second-order valence-electron chi connectivity index (χ2n) is 6.85. The van der Waals surface area contributed by atoms with Crippen molar-refractivity contribution in [3.05, 3.63) is 76.6 Å². The maximum Gasteiger partial charge on any atom is 0.266 e. The molecule has 0 aliphatic rings. The van der Waals surface area contributed by atoms with Gasteiger partial charge in [-0.1, -0.05) is 36.4 Å². The number of aryl methyl sites for hydroxylation is 1. The summed E-state index contributed by atoms with van der Waals surface area (Å²) >= 11 is 0. The van der Waals surface area contributed by atoms with Crippen LogP contribution in [0.2, 0.25) is 0 Å². The minimum absolute atomic E-state index is 0.224. The predicted octanol–water partition coefficient (Wildman–Crippen LogP) is 2.81. The third-order valence-corrected chi connectivity index (χ3v) is 4.55. The van der Waals surface area contributed by atoms with Crippen LogP contribution >= 0.6 is 0 Å². The van der Waals surface area contributed by atoms with Crippen LogP contribution in [0, 0.1) is 6.92 Å². The first kappa shape index (κ1) is 21.1. The van der Waals surface area contributed by atoms with Crippen molar-refractivity contribution in [2.24, 2.45) is 0 Å². The highest BCUT2D eigenvalue weighted by molar-refractivity contribution is 5.80. The molecule has 156 valence electrons. The Bertz CT molecular complexity index is 1060. The third kappa shape index (κ3) is 5.26. The summed E-state index contributed by atoms with van der Waals surface area (Å²) in [5, 5.41) is 7.17. The topological polar surface area (TPSA) is 82.4 Å². The molecule has 0 saturated heterocycles. The maximum absolute atomic E-state index is 12.4. The number of hydrogen-bond donors (Lipinski definition) is 1. The Morgan fingerprint density at radius 3 is 2.60 bits per heavy atom. The van der Waals surface area contributed by atoms with Crippen LogP contribution in [0.1, 0.15) is 12.5 Å². The van der Waals surface area contributed by atoms with Crippen LogP contribution in [0.25, 0.3) is 11.3 Å². The standard InChI is InChI=1S/C23H25N3O4/c1-16-9-11-20(21(15-16)29-3)30-17(2)23(28)24-13-14-26-22(27)12-10-19(25-26)18-7-5-4-6-8-18/h4-12,15,17H,13-14H2,1-3H3,(H,24,28). The zero-order chi connectivity index (χ0) is 21.5. The normalized spacial score (nSPS) is 11.6. The summed E-state index contributed by atoms with van der Waals surface area (Å²) in [6, 6.07) is 18.3. The van der Waals surface area contributed by atoms with Gasteiger partial charge in [0.2, 0.25) is 0 Å². The van der Waals surface area contributed by atoms with E-state index < -0.39 is 6.10 Å². The molecule has 3 aromatic rings. The van der Waals surface area contributed by atoms with E-state index in [-0.39, 0.29) is 24.6 Å². The van der Waals surface area contributed by atoms with Crippen LogP contribution in [-0.4, -0.2) is 35.4 Å². The monoisotopic (exact) mass is 407 g/mol. The number of nitrogens with zero attached hydrogens (tertiary/aromatic N) is 2. The molecule has 0 bridgehead atoms. The average molecular weight is 407 g/mol. The van der Waals surface area contributed by atoms with E-state index in [0.29, 0.717) is 17.2 Å². The van der Waals surface area contributed by atoms with Gasteiger partial charge in [0.25, 0.3) is 11.5 Å². The lowest BCUT2D eigenvalue weighted by atomic mass is 10.1. The number of carbonyl (C=O) groups excluding carboxylic acids is 1. The van der Waals surface area contributed by atoms with Crippen LogP contribution in [0.4, 0.5) is 0 Å². The molecule has 1 aromatic heterocycles. The number of hydrogen-bond acceptors (Lipinski definition) is 5. The summed E-state index contributed by atoms with van der Waals surface area (Å²) < 4.78 is 12.4. The molecule has 0 aliphatic carbocycles. The molecule has 2 aromatic carbocycles. The van der Waals surface area contributed by atoms with Gasteiger partial charge in [0.1, 0.15) is 0 Å². The first-order valence-electron chi connectivity index (χ1n) is 9.70. The number of nitrogens with one attached hydrogen (secondary N) is 1. The van der Waals surface area contributed by atoms with Crippen molar-refractivity contribution >= 4 is 5.91 Å². The van der Waals surface area contributed by atoms with Crippen molar-refractivity contribution < 1.29 is 14.3 Å². The van der Waals surface area contributed by atoms with E-state index in [0.717, 1.165) is 11.1 Å². The average Bonchev–Trinajstić information content (AvgIpc) is 2.76. The number of carbonyl (C=O) groups is 1. The van der Waals surface area contributed by atoms with Crippen LogP contribution in [0.3, 0.4) is 0 Å². The van der Waals surface area contributed by atoms with E-state index >= 15 is 0 Å². The van der Waals surface area contributed by atoms with E-state index in [1.165, 1.54) is 10.7 Å². The number of ether oxygens (including phenoxy) is 2. The lowest BCUT2D eigenvalue weighted by Gasteiger charge is -2.17. The summed E-state index contributed by atoms with van der Waals surface area (Å²) in [4.78, 5) is 24.5. The molecule has 0 spiro atoms. The third-order valence-electron chi connectivity index (χ3n) is 4.55. The Morgan fingerprint density at radius 2 is 1.87 bits per heavy atom. The second kappa shape index (κ2) is 9.73. The van der Waals surface area contributed by atoms with Crippen molar-refractivity contribution in [1.29, 1.82) is 0 Å². The fraction of sp³-hybridized carbons (Fsp3) is 0.261. The highest BCUT2D eigenvalue weighted by Crippen LogP contribution is 2.28. The van der Waals surface area contributed by atoms with E-state index in [1.54, 1.807) is 26.2 Å². The Labute approximate surface area is 175 Å². The lowest BCUT2D eigenvalue weighted by molar-refractivity contribution is -0.127. The number of rotatable bonds is 8. The van der Waals surface area contributed by atoms with Gasteiger partial charge in [0.05, 0.1) is 19.3 Å². The van der Waals surface area contributed by atoms with Crippen LogP contribution in [0.15, 0.2) is 65.5 Å². The quantitative estimate of drug-likeness (QED) is 0.621. The molecule has 7 heteroatoms. The fourth-order valence-electron chi connectivity index (χ4n) is 2.92. The smallest absolute Gasteiger partial charge is 0.266 e. The van der Waals surface area contributed by atoms with Crippen molar-refractivity contribution in [3.8, 4) is 22.8 Å².